The van der Waals surface area contributed by atoms with Gasteiger partial charge >= 0.3 is 0 Å². The quantitative estimate of drug-likeness (QED) is 0.473. The van der Waals surface area contributed by atoms with Crippen molar-refractivity contribution in [3.8, 4) is 11.5 Å². The van der Waals surface area contributed by atoms with Crippen LogP contribution in [-0.2, 0) is 13.2 Å². The molecule has 30 heavy (non-hydrogen) atoms. The van der Waals surface area contributed by atoms with E-state index in [1.165, 1.54) is 0 Å². The van der Waals surface area contributed by atoms with Crippen LogP contribution in [0.5, 0.6) is 11.5 Å². The SMILES string of the molecule is COc1ccc(OCc2ccc(C(=O)Nc3cnn(Cc4ccccc4)c3)o2)cc1. The van der Waals surface area contributed by atoms with Crippen molar-refractivity contribution < 1.29 is 18.7 Å². The van der Waals surface area contributed by atoms with E-state index >= 15 is 0 Å². The van der Waals surface area contributed by atoms with Crippen molar-refractivity contribution in [2.24, 2.45) is 0 Å². The molecule has 1 N–H and O–H groups in total. The molecule has 0 bridgehead atoms. The number of nitrogens with one attached hydrogen (secondary N) is 1. The number of ether oxygens (including phenoxy) is 2. The maximum absolute atomic E-state index is 12.4. The zero-order valence-corrected chi connectivity index (χ0v) is 16.4. The third kappa shape index (κ3) is 4.88. The van der Waals surface area contributed by atoms with Gasteiger partial charge in [0, 0.05) is 6.20 Å². The van der Waals surface area contributed by atoms with Crippen LogP contribution in [0, 0.1) is 0 Å². The lowest BCUT2D eigenvalue weighted by molar-refractivity contribution is 0.0992. The Morgan fingerprint density at radius 1 is 1.03 bits per heavy atom. The number of amides is 1. The third-order valence-corrected chi connectivity index (χ3v) is 4.40. The van der Waals surface area contributed by atoms with Gasteiger partial charge in [-0.25, -0.2) is 0 Å². The maximum Gasteiger partial charge on any atom is 0.291 e. The molecule has 0 saturated carbocycles. The molecule has 0 radical (unpaired) electrons. The minimum atomic E-state index is -0.343. The summed E-state index contributed by atoms with van der Waals surface area (Å²) in [6.45, 7) is 0.846. The van der Waals surface area contributed by atoms with Crippen LogP contribution in [0.3, 0.4) is 0 Å². The van der Waals surface area contributed by atoms with Crippen LogP contribution in [0.25, 0.3) is 0 Å². The molecule has 4 aromatic rings. The molecule has 2 heterocycles. The Morgan fingerprint density at radius 2 is 1.80 bits per heavy atom. The van der Waals surface area contributed by atoms with Crippen molar-refractivity contribution in [2.45, 2.75) is 13.2 Å². The van der Waals surface area contributed by atoms with Crippen LogP contribution in [0.15, 0.2) is 83.5 Å². The summed E-state index contributed by atoms with van der Waals surface area (Å²) in [6.07, 6.45) is 3.39. The number of rotatable bonds is 8. The predicted molar refractivity (Wildman–Crippen MR) is 112 cm³/mol. The minimum Gasteiger partial charge on any atom is -0.497 e. The van der Waals surface area contributed by atoms with Crippen LogP contribution in [0.2, 0.25) is 0 Å². The Balaban J connectivity index is 1.31. The van der Waals surface area contributed by atoms with Gasteiger partial charge in [-0.2, -0.15) is 5.10 Å². The second-order valence-electron chi connectivity index (χ2n) is 6.60. The Labute approximate surface area is 173 Å². The smallest absolute Gasteiger partial charge is 0.291 e. The number of hydrogen-bond acceptors (Lipinski definition) is 5. The molecule has 0 saturated heterocycles. The molecule has 0 aliphatic carbocycles. The molecule has 0 aliphatic rings. The summed E-state index contributed by atoms with van der Waals surface area (Å²) in [6, 6.07) is 20.6. The second kappa shape index (κ2) is 9.00. The molecular weight excluding hydrogens is 382 g/mol. The number of carbonyl (C=O) groups excluding carboxylic acids is 1. The number of aromatic nitrogens is 2. The van der Waals surface area contributed by atoms with Crippen LogP contribution < -0.4 is 14.8 Å². The van der Waals surface area contributed by atoms with Crippen LogP contribution >= 0.6 is 0 Å². The summed E-state index contributed by atoms with van der Waals surface area (Å²) >= 11 is 0. The Kier molecular flexibility index (Phi) is 5.80. The summed E-state index contributed by atoms with van der Waals surface area (Å²) in [5, 5.41) is 7.07. The highest BCUT2D eigenvalue weighted by Crippen LogP contribution is 2.19. The second-order valence-corrected chi connectivity index (χ2v) is 6.60. The summed E-state index contributed by atoms with van der Waals surface area (Å²) in [4.78, 5) is 12.4. The van der Waals surface area contributed by atoms with Crippen molar-refractivity contribution >= 4 is 11.6 Å². The Bertz CT molecular complexity index is 1100. The molecule has 2 aromatic heterocycles. The highest BCUT2D eigenvalue weighted by molar-refractivity contribution is 6.02. The molecule has 4 rings (SSSR count). The summed E-state index contributed by atoms with van der Waals surface area (Å²) in [7, 11) is 1.61. The predicted octanol–water partition coefficient (Wildman–Crippen LogP) is 4.36. The number of methoxy groups -OCH3 is 1. The first-order valence-corrected chi connectivity index (χ1v) is 9.43. The summed E-state index contributed by atoms with van der Waals surface area (Å²) in [5.74, 6) is 1.86. The Morgan fingerprint density at radius 3 is 2.57 bits per heavy atom. The Hall–Kier alpha value is -4.00. The van der Waals surface area contributed by atoms with Crippen LogP contribution in [0.1, 0.15) is 21.9 Å². The molecule has 2 aromatic carbocycles. The van der Waals surface area contributed by atoms with E-state index in [1.54, 1.807) is 36.3 Å². The van der Waals surface area contributed by atoms with Gasteiger partial charge < -0.3 is 19.2 Å². The first-order chi connectivity index (χ1) is 14.7. The number of benzene rings is 2. The molecule has 1 amide bonds. The number of carbonyl (C=O) groups is 1. The fourth-order valence-corrected chi connectivity index (χ4v) is 2.88. The van der Waals surface area contributed by atoms with Gasteiger partial charge in [0.15, 0.2) is 5.76 Å². The van der Waals surface area contributed by atoms with E-state index < -0.39 is 0 Å². The van der Waals surface area contributed by atoms with Gasteiger partial charge in [-0.3, -0.25) is 9.48 Å². The third-order valence-electron chi connectivity index (χ3n) is 4.40. The van der Waals surface area contributed by atoms with Gasteiger partial charge in [-0.15, -0.1) is 0 Å². The van der Waals surface area contributed by atoms with E-state index in [2.05, 4.69) is 10.4 Å². The van der Waals surface area contributed by atoms with Gasteiger partial charge in [0.25, 0.3) is 5.91 Å². The van der Waals surface area contributed by atoms with Gasteiger partial charge in [0.05, 0.1) is 25.5 Å². The number of anilines is 1. The summed E-state index contributed by atoms with van der Waals surface area (Å²) in [5.41, 5.74) is 1.73. The lowest BCUT2D eigenvalue weighted by Gasteiger charge is -2.05. The normalized spacial score (nSPS) is 10.6. The van der Waals surface area contributed by atoms with E-state index in [0.717, 1.165) is 11.3 Å². The summed E-state index contributed by atoms with van der Waals surface area (Å²) < 4.78 is 18.1. The van der Waals surface area contributed by atoms with Crippen LogP contribution in [-0.4, -0.2) is 22.8 Å². The monoisotopic (exact) mass is 403 g/mol. The lowest BCUT2D eigenvalue weighted by atomic mass is 10.2. The molecule has 7 nitrogen and oxygen atoms in total. The maximum atomic E-state index is 12.4. The van der Waals surface area contributed by atoms with E-state index in [9.17, 15) is 4.79 Å². The molecule has 152 valence electrons. The zero-order chi connectivity index (χ0) is 20.8. The van der Waals surface area contributed by atoms with Crippen molar-refractivity contribution in [1.82, 2.24) is 9.78 Å². The van der Waals surface area contributed by atoms with Gasteiger partial charge in [0.1, 0.15) is 23.9 Å². The average molecular weight is 403 g/mol. The average Bonchev–Trinajstić information content (AvgIpc) is 3.43. The van der Waals surface area contributed by atoms with Crippen LogP contribution in [0.4, 0.5) is 5.69 Å². The standard InChI is InChI=1S/C23H21N3O4/c1-28-19-7-9-20(10-8-19)29-16-21-11-12-22(30-21)23(27)25-18-13-24-26(15-18)14-17-5-3-2-4-6-17/h2-13,15H,14,16H2,1H3,(H,25,27). The number of furan rings is 1. The van der Waals surface area contributed by atoms with Gasteiger partial charge in [-0.1, -0.05) is 30.3 Å². The van der Waals surface area contributed by atoms with Gasteiger partial charge in [-0.05, 0) is 42.0 Å². The first kappa shape index (κ1) is 19.3. The van der Waals surface area contributed by atoms with E-state index in [-0.39, 0.29) is 18.3 Å². The van der Waals surface area contributed by atoms with Crippen molar-refractivity contribution in [3.05, 3.63) is 96.2 Å². The molecule has 0 spiro atoms. The number of nitrogens with zero attached hydrogens (tertiary/aromatic N) is 2. The molecular formula is C23H21N3O4. The van der Waals surface area contributed by atoms with Gasteiger partial charge in [0.2, 0.25) is 0 Å². The highest BCUT2D eigenvalue weighted by Gasteiger charge is 2.13. The molecule has 0 aliphatic heterocycles. The fraction of sp³-hybridized carbons (Fsp3) is 0.130. The molecule has 0 unspecified atom stereocenters. The van der Waals surface area contributed by atoms with E-state index in [4.69, 9.17) is 13.9 Å². The molecule has 0 atom stereocenters. The molecule has 0 fully saturated rings. The molecule has 7 heteroatoms. The van der Waals surface area contributed by atoms with E-state index in [0.29, 0.717) is 23.7 Å². The lowest BCUT2D eigenvalue weighted by Crippen LogP contribution is -2.10. The number of hydrogen-bond donors (Lipinski definition) is 1. The highest BCUT2D eigenvalue weighted by atomic mass is 16.5. The van der Waals surface area contributed by atoms with Crippen molar-refractivity contribution in [2.75, 3.05) is 12.4 Å². The first-order valence-electron chi connectivity index (χ1n) is 9.43. The minimum absolute atomic E-state index is 0.208. The largest absolute Gasteiger partial charge is 0.497 e. The fourth-order valence-electron chi connectivity index (χ4n) is 2.88. The van der Waals surface area contributed by atoms with Crippen molar-refractivity contribution in [1.29, 1.82) is 0 Å². The van der Waals surface area contributed by atoms with Crippen molar-refractivity contribution in [3.63, 3.8) is 0 Å². The van der Waals surface area contributed by atoms with E-state index in [1.807, 2.05) is 54.6 Å². The zero-order valence-electron chi connectivity index (χ0n) is 16.4. The topological polar surface area (TPSA) is 78.5 Å².